The summed E-state index contributed by atoms with van der Waals surface area (Å²) in [6.45, 7) is 0. The Morgan fingerprint density at radius 3 is 2.67 bits per heavy atom. The summed E-state index contributed by atoms with van der Waals surface area (Å²) in [6, 6.07) is 12.1. The second-order valence-corrected chi connectivity index (χ2v) is 3.65. The second-order valence-electron chi connectivity index (χ2n) is 3.65. The lowest BCUT2D eigenvalue weighted by atomic mass is 10.2. The first-order valence-electron chi connectivity index (χ1n) is 5.47. The van der Waals surface area contributed by atoms with Gasteiger partial charge in [0.05, 0.1) is 5.52 Å². The number of fused-ring (bicyclic) bond motifs is 1. The molecule has 5 heteroatoms. The van der Waals surface area contributed by atoms with Gasteiger partial charge in [-0.1, -0.05) is 29.4 Å². The maximum absolute atomic E-state index is 10.00. The van der Waals surface area contributed by atoms with Gasteiger partial charge >= 0.3 is 5.97 Å². The molecule has 18 heavy (non-hydrogen) atoms. The minimum Gasteiger partial charge on any atom is -0.478 e. The van der Waals surface area contributed by atoms with Gasteiger partial charge in [0.15, 0.2) is 0 Å². The molecule has 0 bridgehead atoms. The third kappa shape index (κ3) is 3.04. The number of pyridine rings is 1. The van der Waals surface area contributed by atoms with Gasteiger partial charge < -0.3 is 9.94 Å². The lowest BCUT2D eigenvalue weighted by molar-refractivity contribution is -0.148. The van der Waals surface area contributed by atoms with E-state index >= 15 is 0 Å². The van der Waals surface area contributed by atoms with E-state index in [0.29, 0.717) is 6.42 Å². The first kappa shape index (κ1) is 12.0. The molecular formula is C13H12N2O3. The standard InChI is InChI=1S/C9H7N.C4H5NO3/c1-2-6-9-8(4-1)5-3-7-10-9;6-4(7)3-1-2-5-8-3/h1-7H;2-3H,1H2,(H,6,7). The number of carboxylic acid groups (broad SMARTS) is 1. The largest absolute Gasteiger partial charge is 0.478 e. The van der Waals surface area contributed by atoms with Crippen molar-refractivity contribution < 1.29 is 14.7 Å². The van der Waals surface area contributed by atoms with Crippen molar-refractivity contribution in [2.75, 3.05) is 0 Å². The van der Waals surface area contributed by atoms with Crippen molar-refractivity contribution in [2.24, 2.45) is 5.16 Å². The molecule has 1 aromatic heterocycles. The molecule has 0 amide bonds. The molecule has 92 valence electrons. The van der Waals surface area contributed by atoms with E-state index in [9.17, 15) is 4.79 Å². The Bertz CT molecular complexity index is 495. The molecule has 0 saturated heterocycles. The van der Waals surface area contributed by atoms with E-state index in [0.717, 1.165) is 5.52 Å². The van der Waals surface area contributed by atoms with E-state index in [1.807, 2.05) is 30.5 Å². The van der Waals surface area contributed by atoms with Crippen LogP contribution in [-0.4, -0.2) is 28.4 Å². The maximum Gasteiger partial charge on any atom is 0.348 e. The number of nitrogens with zero attached hydrogens (tertiary/aromatic N) is 2. The van der Waals surface area contributed by atoms with Crippen LogP contribution in [0.5, 0.6) is 0 Å². The monoisotopic (exact) mass is 244 g/mol. The second kappa shape index (κ2) is 5.77. The third-order valence-corrected chi connectivity index (χ3v) is 2.37. The Hall–Kier alpha value is -2.43. The average Bonchev–Trinajstić information content (AvgIpc) is 2.94. The summed E-state index contributed by atoms with van der Waals surface area (Å²) in [6.07, 6.45) is 2.89. The van der Waals surface area contributed by atoms with Crippen LogP contribution in [0.2, 0.25) is 0 Å². The lowest BCUT2D eigenvalue weighted by Gasteiger charge is -1.97. The van der Waals surface area contributed by atoms with Gasteiger partial charge in [-0.15, -0.1) is 0 Å². The molecule has 1 aromatic carbocycles. The molecule has 0 aliphatic carbocycles. The summed E-state index contributed by atoms with van der Waals surface area (Å²) in [5.74, 6) is -0.956. The minimum absolute atomic E-state index is 0.384. The van der Waals surface area contributed by atoms with E-state index in [1.165, 1.54) is 11.6 Å². The van der Waals surface area contributed by atoms with Gasteiger partial charge in [-0.3, -0.25) is 4.98 Å². The Morgan fingerprint density at radius 1 is 1.28 bits per heavy atom. The van der Waals surface area contributed by atoms with Crippen molar-refractivity contribution in [3.05, 3.63) is 42.6 Å². The molecular weight excluding hydrogens is 232 g/mol. The van der Waals surface area contributed by atoms with Gasteiger partial charge in [0.1, 0.15) is 0 Å². The highest BCUT2D eigenvalue weighted by Crippen LogP contribution is 2.07. The summed E-state index contributed by atoms with van der Waals surface area (Å²) < 4.78 is 0. The number of carboxylic acids is 1. The fraction of sp³-hybridized carbons (Fsp3) is 0.154. The normalized spacial score (nSPS) is 16.8. The lowest BCUT2D eigenvalue weighted by Crippen LogP contribution is -2.17. The Balaban J connectivity index is 0.000000138. The van der Waals surface area contributed by atoms with Crippen LogP contribution in [0.1, 0.15) is 6.42 Å². The molecule has 2 aromatic rings. The fourth-order valence-corrected chi connectivity index (χ4v) is 1.46. The average molecular weight is 244 g/mol. The molecule has 2 heterocycles. The van der Waals surface area contributed by atoms with Gasteiger partial charge in [-0.25, -0.2) is 4.79 Å². The number of oxime groups is 1. The quantitative estimate of drug-likeness (QED) is 0.833. The van der Waals surface area contributed by atoms with Gasteiger partial charge in [-0.05, 0) is 12.1 Å². The van der Waals surface area contributed by atoms with Crippen LogP contribution in [0.25, 0.3) is 10.9 Å². The topological polar surface area (TPSA) is 71.8 Å². The summed E-state index contributed by atoms with van der Waals surface area (Å²) in [4.78, 5) is 18.6. The van der Waals surface area contributed by atoms with Gasteiger partial charge in [0.25, 0.3) is 0 Å². The van der Waals surface area contributed by atoms with Crippen molar-refractivity contribution in [3.63, 3.8) is 0 Å². The number of aromatic nitrogens is 1. The highest BCUT2D eigenvalue weighted by molar-refractivity contribution is 5.78. The van der Waals surface area contributed by atoms with E-state index in [-0.39, 0.29) is 0 Å². The molecule has 1 N–H and O–H groups in total. The fourth-order valence-electron chi connectivity index (χ4n) is 1.46. The number of hydrogen-bond acceptors (Lipinski definition) is 4. The number of para-hydroxylation sites is 1. The number of benzene rings is 1. The minimum atomic E-state index is -0.956. The van der Waals surface area contributed by atoms with Crippen LogP contribution in [0.15, 0.2) is 47.8 Å². The van der Waals surface area contributed by atoms with Crippen LogP contribution in [0.4, 0.5) is 0 Å². The molecule has 5 nitrogen and oxygen atoms in total. The van der Waals surface area contributed by atoms with Gasteiger partial charge in [0.2, 0.25) is 6.10 Å². The molecule has 3 rings (SSSR count). The number of carbonyl (C=O) groups is 1. The summed E-state index contributed by atoms with van der Waals surface area (Å²) in [5.41, 5.74) is 1.06. The first-order chi connectivity index (χ1) is 8.77. The molecule has 0 spiro atoms. The highest BCUT2D eigenvalue weighted by atomic mass is 16.7. The number of rotatable bonds is 1. The SMILES string of the molecule is O=C(O)C1CC=NO1.c1ccc2ncccc2c1. The van der Waals surface area contributed by atoms with Crippen molar-refractivity contribution >= 4 is 23.1 Å². The Labute approximate surface area is 104 Å². The third-order valence-electron chi connectivity index (χ3n) is 2.37. The zero-order chi connectivity index (χ0) is 12.8. The Kier molecular flexibility index (Phi) is 3.86. The van der Waals surface area contributed by atoms with E-state index in [1.54, 1.807) is 0 Å². The zero-order valence-corrected chi connectivity index (χ0v) is 9.56. The van der Waals surface area contributed by atoms with Crippen LogP contribution in [0.3, 0.4) is 0 Å². The van der Waals surface area contributed by atoms with E-state index in [2.05, 4.69) is 27.1 Å². The predicted octanol–water partition coefficient (Wildman–Crippen LogP) is 2.08. The highest BCUT2D eigenvalue weighted by Gasteiger charge is 2.20. The summed E-state index contributed by atoms with van der Waals surface area (Å²) in [7, 11) is 0. The predicted molar refractivity (Wildman–Crippen MR) is 67.4 cm³/mol. The van der Waals surface area contributed by atoms with E-state index < -0.39 is 12.1 Å². The molecule has 0 saturated carbocycles. The zero-order valence-electron chi connectivity index (χ0n) is 9.56. The van der Waals surface area contributed by atoms with Crippen molar-refractivity contribution in [2.45, 2.75) is 12.5 Å². The molecule has 0 fully saturated rings. The first-order valence-corrected chi connectivity index (χ1v) is 5.47. The molecule has 1 aliphatic rings. The number of aliphatic carboxylic acids is 1. The van der Waals surface area contributed by atoms with Crippen LogP contribution >= 0.6 is 0 Å². The maximum atomic E-state index is 10.00. The van der Waals surface area contributed by atoms with Crippen LogP contribution < -0.4 is 0 Å². The van der Waals surface area contributed by atoms with Crippen molar-refractivity contribution in [3.8, 4) is 0 Å². The number of hydrogen-bond donors (Lipinski definition) is 1. The summed E-state index contributed by atoms with van der Waals surface area (Å²) in [5, 5.41) is 12.7. The van der Waals surface area contributed by atoms with Crippen LogP contribution in [0, 0.1) is 0 Å². The Morgan fingerprint density at radius 2 is 2.06 bits per heavy atom. The van der Waals surface area contributed by atoms with Gasteiger partial charge in [-0.2, -0.15) is 0 Å². The summed E-state index contributed by atoms with van der Waals surface area (Å²) >= 11 is 0. The van der Waals surface area contributed by atoms with Crippen molar-refractivity contribution in [1.82, 2.24) is 4.98 Å². The molecule has 1 unspecified atom stereocenters. The van der Waals surface area contributed by atoms with E-state index in [4.69, 9.17) is 5.11 Å². The van der Waals surface area contributed by atoms with Crippen molar-refractivity contribution in [1.29, 1.82) is 0 Å². The molecule has 1 aliphatic heterocycles. The molecule has 1 atom stereocenters. The molecule has 0 radical (unpaired) electrons. The van der Waals surface area contributed by atoms with Gasteiger partial charge in [0, 0.05) is 24.2 Å². The smallest absolute Gasteiger partial charge is 0.348 e. The van der Waals surface area contributed by atoms with Crippen LogP contribution in [-0.2, 0) is 9.63 Å².